The van der Waals surface area contributed by atoms with Crippen LogP contribution in [0, 0.1) is 0 Å². The molecule has 2 aliphatic carbocycles. The van der Waals surface area contributed by atoms with Crippen LogP contribution in [0.15, 0.2) is 41.4 Å². The molecule has 0 saturated heterocycles. The van der Waals surface area contributed by atoms with E-state index in [1.165, 1.54) is 12.8 Å². The van der Waals surface area contributed by atoms with Crippen LogP contribution < -0.4 is 0 Å². The van der Waals surface area contributed by atoms with Crippen molar-refractivity contribution in [3.63, 3.8) is 0 Å². The van der Waals surface area contributed by atoms with Gasteiger partial charge in [0.25, 0.3) is 0 Å². The van der Waals surface area contributed by atoms with E-state index in [4.69, 9.17) is 0 Å². The summed E-state index contributed by atoms with van der Waals surface area (Å²) in [7, 11) is 0. The summed E-state index contributed by atoms with van der Waals surface area (Å²) in [6, 6.07) is 0. The van der Waals surface area contributed by atoms with Crippen LogP contribution in [0.2, 0.25) is 0 Å². The molecule has 0 amide bonds. The van der Waals surface area contributed by atoms with E-state index >= 15 is 0 Å². The molecule has 0 N–H and O–H groups in total. The molecular formula is C16H22Pt. The first-order chi connectivity index (χ1) is 7.91. The monoisotopic (exact) mass is 409 g/mol. The molecule has 0 aromatic heterocycles. The van der Waals surface area contributed by atoms with Crippen molar-refractivity contribution in [2.75, 3.05) is 0 Å². The fraction of sp³-hybridized carbons (Fsp3) is 0.500. The Labute approximate surface area is 114 Å². The van der Waals surface area contributed by atoms with Crippen LogP contribution in [0.5, 0.6) is 0 Å². The molecule has 0 nitrogen and oxygen atoms in total. The molecule has 0 saturated carbocycles. The van der Waals surface area contributed by atoms with Crippen LogP contribution in [-0.2, 0) is 18.6 Å². The van der Waals surface area contributed by atoms with E-state index in [9.17, 15) is 0 Å². The molecule has 17 heavy (non-hydrogen) atoms. The first kappa shape index (κ1) is 13.1. The first-order valence-electron chi connectivity index (χ1n) is 6.23. The Hall–Kier alpha value is -0.352. The van der Waals surface area contributed by atoms with Crippen molar-refractivity contribution in [2.24, 2.45) is 0 Å². The second-order valence-corrected chi connectivity index (χ2v) is 8.54. The van der Waals surface area contributed by atoms with Crippen LogP contribution in [0.3, 0.4) is 0 Å². The second-order valence-electron chi connectivity index (χ2n) is 5.23. The van der Waals surface area contributed by atoms with E-state index in [0.29, 0.717) is 0 Å². The maximum atomic E-state index is 2.32. The van der Waals surface area contributed by atoms with Crippen LogP contribution >= 0.6 is 0 Å². The van der Waals surface area contributed by atoms with E-state index in [2.05, 4.69) is 41.5 Å². The first-order valence-corrected chi connectivity index (χ1v) is 8.50. The summed E-state index contributed by atoms with van der Waals surface area (Å²) in [5.74, 6) is 0. The molecule has 2 aliphatic rings. The Kier molecular flexibility index (Phi) is 3.64. The predicted octanol–water partition coefficient (Wildman–Crippen LogP) is 5.10. The summed E-state index contributed by atoms with van der Waals surface area (Å²) in [5.41, 5.74) is 9.48. The van der Waals surface area contributed by atoms with Gasteiger partial charge in [-0.05, 0) is 0 Å². The summed E-state index contributed by atoms with van der Waals surface area (Å²) >= 11 is 0.0935. The minimum absolute atomic E-state index is 0.0935. The number of hydrogen-bond donors (Lipinski definition) is 0. The summed E-state index contributed by atoms with van der Waals surface area (Å²) < 4.78 is 3.52. The zero-order valence-electron chi connectivity index (χ0n) is 11.7. The van der Waals surface area contributed by atoms with E-state index in [1.54, 1.807) is 41.4 Å². The van der Waals surface area contributed by atoms with E-state index in [1.807, 2.05) is 0 Å². The van der Waals surface area contributed by atoms with Crippen molar-refractivity contribution >= 4 is 0 Å². The van der Waals surface area contributed by atoms with Crippen LogP contribution in [0.1, 0.15) is 54.4 Å². The van der Waals surface area contributed by atoms with Gasteiger partial charge in [0.1, 0.15) is 0 Å². The molecule has 0 aromatic rings. The third-order valence-electron chi connectivity index (χ3n) is 4.18. The molecule has 0 aliphatic heterocycles. The van der Waals surface area contributed by atoms with Crippen molar-refractivity contribution in [2.45, 2.75) is 54.4 Å². The van der Waals surface area contributed by atoms with E-state index in [-0.39, 0.29) is 18.6 Å². The van der Waals surface area contributed by atoms with Gasteiger partial charge in [0, 0.05) is 0 Å². The predicted molar refractivity (Wildman–Crippen MR) is 71.4 cm³/mol. The van der Waals surface area contributed by atoms with Crippen LogP contribution in [0.25, 0.3) is 0 Å². The summed E-state index contributed by atoms with van der Waals surface area (Å²) in [6.45, 7) is 13.8. The summed E-state index contributed by atoms with van der Waals surface area (Å²) in [6.07, 6.45) is 2.50. The molecule has 0 heterocycles. The van der Waals surface area contributed by atoms with Gasteiger partial charge in [-0.3, -0.25) is 0 Å². The van der Waals surface area contributed by atoms with Gasteiger partial charge in [-0.2, -0.15) is 0 Å². The third kappa shape index (κ3) is 2.29. The fourth-order valence-corrected chi connectivity index (χ4v) is 6.42. The average Bonchev–Trinajstić information content (AvgIpc) is 2.66. The number of rotatable bonds is 2. The minimum atomic E-state index is 0.0935. The third-order valence-corrected chi connectivity index (χ3v) is 8.06. The Morgan fingerprint density at radius 2 is 0.941 bits per heavy atom. The van der Waals surface area contributed by atoms with E-state index < -0.39 is 0 Å². The van der Waals surface area contributed by atoms with Crippen molar-refractivity contribution in [3.05, 3.63) is 41.4 Å². The summed E-state index contributed by atoms with van der Waals surface area (Å²) in [4.78, 5) is 0. The molecule has 0 atom stereocenters. The fourth-order valence-electron chi connectivity index (χ4n) is 2.28. The SMILES string of the molecule is CC1=C(C)C(C)=[C]([Pt][C]2=C(C)C(C)=C(C)C2)C1. The average molecular weight is 409 g/mol. The van der Waals surface area contributed by atoms with Gasteiger partial charge in [-0.15, -0.1) is 0 Å². The Morgan fingerprint density at radius 3 is 1.18 bits per heavy atom. The Balaban J connectivity index is 2.18. The topological polar surface area (TPSA) is 0 Å². The molecule has 1 heteroatoms. The molecule has 96 valence electrons. The number of hydrogen-bond acceptors (Lipinski definition) is 0. The van der Waals surface area contributed by atoms with Gasteiger partial charge >= 0.3 is 114 Å². The maximum absolute atomic E-state index is 2.32. The molecule has 0 spiro atoms. The van der Waals surface area contributed by atoms with E-state index in [0.717, 1.165) is 0 Å². The molecule has 0 bridgehead atoms. The Bertz CT molecular complexity index is 450. The van der Waals surface area contributed by atoms with Gasteiger partial charge in [-0.1, -0.05) is 0 Å². The quantitative estimate of drug-likeness (QED) is 0.596. The molecular weight excluding hydrogens is 387 g/mol. The van der Waals surface area contributed by atoms with Gasteiger partial charge in [-0.25, -0.2) is 0 Å². The zero-order chi connectivity index (χ0) is 12.7. The zero-order valence-corrected chi connectivity index (χ0v) is 14.0. The molecule has 0 fully saturated rings. The van der Waals surface area contributed by atoms with Crippen molar-refractivity contribution in [3.8, 4) is 0 Å². The second kappa shape index (κ2) is 4.73. The molecule has 2 rings (SSSR count). The standard InChI is InChI=1S/2C8H11.Pt/c2*1-6-4-5-7(2)8(6)3;/h2*4H2,1-3H3;. The van der Waals surface area contributed by atoms with Crippen molar-refractivity contribution < 1.29 is 18.6 Å². The normalized spacial score (nSPS) is 21.8. The van der Waals surface area contributed by atoms with Gasteiger partial charge in [0.05, 0.1) is 0 Å². The molecule has 0 radical (unpaired) electrons. The van der Waals surface area contributed by atoms with Gasteiger partial charge in [0.15, 0.2) is 0 Å². The van der Waals surface area contributed by atoms with Gasteiger partial charge in [0.2, 0.25) is 0 Å². The molecule has 0 unspecified atom stereocenters. The van der Waals surface area contributed by atoms with Crippen LogP contribution in [0.4, 0.5) is 0 Å². The van der Waals surface area contributed by atoms with Crippen molar-refractivity contribution in [1.29, 1.82) is 0 Å². The van der Waals surface area contributed by atoms with Gasteiger partial charge < -0.3 is 0 Å². The molecule has 0 aromatic carbocycles. The van der Waals surface area contributed by atoms with Crippen molar-refractivity contribution in [1.82, 2.24) is 0 Å². The summed E-state index contributed by atoms with van der Waals surface area (Å²) in [5, 5.41) is 0. The van der Waals surface area contributed by atoms with Crippen LogP contribution in [-0.4, -0.2) is 0 Å². The number of allylic oxidation sites excluding steroid dienone is 8. The Morgan fingerprint density at radius 1 is 0.588 bits per heavy atom.